The number of aliphatic imine (C=N–C) groups is 2. The molecule has 0 unspecified atom stereocenters. The van der Waals surface area contributed by atoms with Gasteiger partial charge in [0.1, 0.15) is 13.2 Å². The second-order valence-electron chi connectivity index (χ2n) is 10.9. The van der Waals surface area contributed by atoms with Crippen LogP contribution in [-0.4, -0.2) is 103 Å². The van der Waals surface area contributed by atoms with Gasteiger partial charge < -0.3 is 40.2 Å². The molecule has 270 valence electrons. The van der Waals surface area contributed by atoms with E-state index in [1.807, 2.05) is 24.3 Å². The number of benzene rings is 1. The van der Waals surface area contributed by atoms with Crippen LogP contribution in [-0.2, 0) is 18.9 Å². The zero-order valence-corrected chi connectivity index (χ0v) is 28.8. The van der Waals surface area contributed by atoms with E-state index >= 15 is 0 Å². The molecule has 0 saturated heterocycles. The Labute approximate surface area is 285 Å². The van der Waals surface area contributed by atoms with Crippen LogP contribution in [0.5, 0.6) is 0 Å². The van der Waals surface area contributed by atoms with Gasteiger partial charge in [-0.15, -0.1) is 0 Å². The Morgan fingerprint density at radius 2 is 0.917 bits per heavy atom. The van der Waals surface area contributed by atoms with Crippen molar-refractivity contribution in [3.63, 3.8) is 0 Å². The smallest absolute Gasteiger partial charge is 0.407 e. The van der Waals surface area contributed by atoms with Crippen LogP contribution in [0, 0.1) is 0 Å². The average Bonchev–Trinajstić information content (AvgIpc) is 3.09. The number of rotatable bonds is 26. The topological polar surface area (TPSA) is 178 Å². The number of alkyl carbamates (subject to hydrolysis) is 4. The number of amides is 4. The molecule has 0 atom stereocenters. The van der Waals surface area contributed by atoms with Crippen LogP contribution in [0.25, 0.3) is 0 Å². The van der Waals surface area contributed by atoms with E-state index in [0.717, 1.165) is 81.8 Å². The second kappa shape index (κ2) is 30.0. The molecule has 0 aliphatic heterocycles. The van der Waals surface area contributed by atoms with Gasteiger partial charge in [0.2, 0.25) is 0 Å². The van der Waals surface area contributed by atoms with Crippen molar-refractivity contribution < 1.29 is 38.1 Å². The molecule has 4 amide bonds. The van der Waals surface area contributed by atoms with Gasteiger partial charge >= 0.3 is 24.4 Å². The van der Waals surface area contributed by atoms with Crippen molar-refractivity contribution >= 4 is 36.8 Å². The lowest BCUT2D eigenvalue weighted by atomic mass is 10.1. The highest BCUT2D eigenvalue weighted by Crippen LogP contribution is 2.02. The number of nitrogens with one attached hydrogen (secondary N) is 4. The van der Waals surface area contributed by atoms with Crippen molar-refractivity contribution in [1.29, 1.82) is 0 Å². The lowest BCUT2D eigenvalue weighted by molar-refractivity contribution is 0.143. The largest absolute Gasteiger partial charge is 0.453 e. The minimum Gasteiger partial charge on any atom is -0.453 e. The minimum atomic E-state index is -0.460. The highest BCUT2D eigenvalue weighted by Gasteiger charge is 2.03. The van der Waals surface area contributed by atoms with Crippen molar-refractivity contribution in [3.8, 4) is 0 Å². The van der Waals surface area contributed by atoms with E-state index in [-0.39, 0.29) is 19.3 Å². The predicted octanol–water partition coefficient (Wildman–Crippen LogP) is 5.37. The summed E-state index contributed by atoms with van der Waals surface area (Å²) in [7, 11) is 1.33. The third kappa shape index (κ3) is 25.8. The summed E-state index contributed by atoms with van der Waals surface area (Å²) < 4.78 is 19.9. The predicted molar refractivity (Wildman–Crippen MR) is 186 cm³/mol. The van der Waals surface area contributed by atoms with Crippen LogP contribution in [0.3, 0.4) is 0 Å². The molecule has 14 heteroatoms. The normalized spacial score (nSPS) is 10.9. The summed E-state index contributed by atoms with van der Waals surface area (Å²) in [5.41, 5.74) is 1.82. The third-order valence-electron chi connectivity index (χ3n) is 6.78. The zero-order chi connectivity index (χ0) is 34.9. The fourth-order valence-electron chi connectivity index (χ4n) is 4.10. The number of methoxy groups -OCH3 is 1. The Morgan fingerprint density at radius 1 is 0.542 bits per heavy atom. The van der Waals surface area contributed by atoms with Gasteiger partial charge in [-0.1, -0.05) is 69.7 Å². The summed E-state index contributed by atoms with van der Waals surface area (Å²) in [5.74, 6) is 0. The van der Waals surface area contributed by atoms with Gasteiger partial charge in [0.05, 0.1) is 26.8 Å². The maximum atomic E-state index is 11.8. The van der Waals surface area contributed by atoms with Crippen LogP contribution in [0.4, 0.5) is 19.2 Å². The first-order chi connectivity index (χ1) is 23.4. The summed E-state index contributed by atoms with van der Waals surface area (Å²) in [4.78, 5) is 54.6. The van der Waals surface area contributed by atoms with E-state index in [9.17, 15) is 19.2 Å². The van der Waals surface area contributed by atoms with Crippen molar-refractivity contribution in [2.75, 3.05) is 66.2 Å². The molecular formula is C34H56N6O8. The van der Waals surface area contributed by atoms with E-state index in [0.29, 0.717) is 45.9 Å². The summed E-state index contributed by atoms with van der Waals surface area (Å²) in [5, 5.41) is 10.8. The average molecular weight is 677 g/mol. The lowest BCUT2D eigenvalue weighted by Gasteiger charge is -2.07. The van der Waals surface area contributed by atoms with Gasteiger partial charge in [-0.2, -0.15) is 0 Å². The standard InChI is InChI=1S/C34H56N6O8/c1-3-4-13-24-46-32(42)38-19-10-7-8-12-21-40-34(44)48-26-23-36-28-30-16-14-29(15-17-30)27-35-22-25-47-33(43)39-20-11-6-5-9-18-37-31(41)45-2/h14-17,27-28H,3-13,18-26H2,1-2H3,(H,37,41)(H,38,42)(H,39,43)(H,40,44). The Bertz CT molecular complexity index is 1070. The first kappa shape index (κ1) is 41.7. The Balaban J connectivity index is 2.00. The van der Waals surface area contributed by atoms with Gasteiger partial charge in [0.15, 0.2) is 0 Å². The van der Waals surface area contributed by atoms with Crippen LogP contribution in [0.15, 0.2) is 34.3 Å². The fraction of sp³-hybridized carbons (Fsp3) is 0.647. The maximum Gasteiger partial charge on any atom is 0.407 e. The van der Waals surface area contributed by atoms with Crippen molar-refractivity contribution in [2.45, 2.75) is 77.6 Å². The second-order valence-corrected chi connectivity index (χ2v) is 10.9. The fourth-order valence-corrected chi connectivity index (χ4v) is 4.10. The van der Waals surface area contributed by atoms with E-state index in [1.54, 1.807) is 12.4 Å². The molecule has 0 spiro atoms. The summed E-state index contributed by atoms with van der Waals surface area (Å²) in [6, 6.07) is 7.64. The number of unbranched alkanes of at least 4 members (excludes halogenated alkanes) is 8. The quantitative estimate of drug-likeness (QED) is 0.0575. The molecule has 1 rings (SSSR count). The molecule has 0 radical (unpaired) electrons. The number of ether oxygens (including phenoxy) is 4. The summed E-state index contributed by atoms with van der Waals surface area (Å²) >= 11 is 0. The molecule has 48 heavy (non-hydrogen) atoms. The Morgan fingerprint density at radius 3 is 1.29 bits per heavy atom. The van der Waals surface area contributed by atoms with Crippen LogP contribution < -0.4 is 21.3 Å². The van der Waals surface area contributed by atoms with E-state index in [1.165, 1.54) is 7.11 Å². The zero-order valence-electron chi connectivity index (χ0n) is 28.8. The SMILES string of the molecule is CCCCCOC(=O)NCCCCCCNC(=O)OCCN=Cc1ccc(C=NCCOC(=O)NCCCCCCNC(=O)OC)cc1. The first-order valence-electron chi connectivity index (χ1n) is 17.1. The van der Waals surface area contributed by atoms with Gasteiger partial charge in [-0.05, 0) is 43.2 Å². The molecule has 0 saturated carbocycles. The summed E-state index contributed by atoms with van der Waals surface area (Å²) in [6.45, 7) is 5.88. The van der Waals surface area contributed by atoms with Gasteiger partial charge in [-0.25, -0.2) is 19.2 Å². The van der Waals surface area contributed by atoms with Crippen LogP contribution in [0.1, 0.15) is 88.7 Å². The van der Waals surface area contributed by atoms with E-state index in [2.05, 4.69) is 42.9 Å². The molecule has 4 N–H and O–H groups in total. The highest BCUT2D eigenvalue weighted by atomic mass is 16.6. The molecule has 14 nitrogen and oxygen atoms in total. The van der Waals surface area contributed by atoms with Crippen LogP contribution in [0.2, 0.25) is 0 Å². The van der Waals surface area contributed by atoms with Gasteiger partial charge in [0, 0.05) is 38.6 Å². The van der Waals surface area contributed by atoms with Crippen molar-refractivity contribution in [3.05, 3.63) is 35.4 Å². The highest BCUT2D eigenvalue weighted by molar-refractivity contribution is 5.84. The monoisotopic (exact) mass is 676 g/mol. The molecule has 0 aromatic heterocycles. The molecule has 0 aliphatic carbocycles. The molecule has 0 bridgehead atoms. The van der Waals surface area contributed by atoms with Crippen molar-refractivity contribution in [2.24, 2.45) is 9.98 Å². The molecule has 1 aromatic carbocycles. The molecule has 0 heterocycles. The maximum absolute atomic E-state index is 11.8. The van der Waals surface area contributed by atoms with Crippen LogP contribution >= 0.6 is 0 Å². The minimum absolute atomic E-state index is 0.185. The van der Waals surface area contributed by atoms with Crippen molar-refractivity contribution in [1.82, 2.24) is 21.3 Å². The number of hydrogen-bond acceptors (Lipinski definition) is 10. The number of carbonyl (C=O) groups is 4. The molecular weight excluding hydrogens is 620 g/mol. The number of nitrogens with zero attached hydrogens (tertiary/aromatic N) is 2. The molecule has 1 aromatic rings. The Kier molecular flexibility index (Phi) is 26.0. The van der Waals surface area contributed by atoms with E-state index < -0.39 is 18.3 Å². The third-order valence-corrected chi connectivity index (χ3v) is 6.78. The first-order valence-corrected chi connectivity index (χ1v) is 17.1. The van der Waals surface area contributed by atoms with Gasteiger partial charge in [-0.3, -0.25) is 9.98 Å². The summed E-state index contributed by atoms with van der Waals surface area (Å²) in [6.07, 6.45) is 12.0. The molecule has 0 aliphatic rings. The lowest BCUT2D eigenvalue weighted by Crippen LogP contribution is -2.26. The van der Waals surface area contributed by atoms with E-state index in [4.69, 9.17) is 14.2 Å². The number of hydrogen-bond donors (Lipinski definition) is 4. The molecule has 0 fully saturated rings. The number of carbonyl (C=O) groups excluding carboxylic acids is 4. The Hall–Kier alpha value is -4.36. The van der Waals surface area contributed by atoms with Gasteiger partial charge in [0.25, 0.3) is 0 Å².